The molecule has 0 aliphatic rings. The Morgan fingerprint density at radius 1 is 1.04 bits per heavy atom. The molecule has 0 aromatic heterocycles. The molecule has 9 nitrogen and oxygen atoms in total. The average Bonchev–Trinajstić information content (AvgIpc) is 2.57. The van der Waals surface area contributed by atoms with Crippen molar-refractivity contribution in [2.24, 2.45) is 16.2 Å². The largest absolute Gasteiger partial charge is 0.487 e. The smallest absolute Gasteiger partial charge is 0.340 e. The number of hydrogen-bond acceptors (Lipinski definition) is 8. The average molecular weight is 341 g/mol. The van der Waals surface area contributed by atoms with Crippen molar-refractivity contribution < 1.29 is 28.5 Å². The van der Waals surface area contributed by atoms with Gasteiger partial charge in [-0.2, -0.15) is 0 Å². The zero-order chi connectivity index (χ0) is 17.8. The van der Waals surface area contributed by atoms with Gasteiger partial charge in [0.1, 0.15) is 18.9 Å². The van der Waals surface area contributed by atoms with Gasteiger partial charge in [-0.3, -0.25) is 0 Å². The minimum Gasteiger partial charge on any atom is -0.487 e. The summed E-state index contributed by atoms with van der Waals surface area (Å²) in [5, 5.41) is 6.97. The predicted octanol–water partition coefficient (Wildman–Crippen LogP) is 1.87. The second-order valence-electron chi connectivity index (χ2n) is 4.43. The lowest BCUT2D eigenvalue weighted by Gasteiger charge is -2.15. The summed E-state index contributed by atoms with van der Waals surface area (Å²) in [6, 6.07) is 3.00. The van der Waals surface area contributed by atoms with Crippen LogP contribution >= 0.6 is 0 Å². The molecule has 2 N–H and O–H groups in total. The number of nitrogens with two attached hydrogens (primary N) is 1. The summed E-state index contributed by atoms with van der Waals surface area (Å²) >= 11 is 0. The van der Waals surface area contributed by atoms with Crippen molar-refractivity contribution in [1.29, 1.82) is 0 Å². The highest BCUT2D eigenvalue weighted by Gasteiger charge is 2.19. The van der Waals surface area contributed by atoms with Gasteiger partial charge in [0.2, 0.25) is 0 Å². The Morgan fingerprint density at radius 3 is 2.12 bits per heavy atom. The number of esters is 1. The molecule has 0 unspecified atom stereocenters. The minimum absolute atomic E-state index is 0.178. The summed E-state index contributed by atoms with van der Waals surface area (Å²) in [6.45, 7) is 3.30. The Labute approximate surface area is 140 Å². The van der Waals surface area contributed by atoms with Gasteiger partial charge in [0, 0.05) is 26.4 Å². The van der Waals surface area contributed by atoms with Crippen LogP contribution in [0.25, 0.3) is 0 Å². The molecule has 0 bridgehead atoms. The van der Waals surface area contributed by atoms with Crippen LogP contribution in [0.15, 0.2) is 22.5 Å². The van der Waals surface area contributed by atoms with E-state index in [2.05, 4.69) is 10.3 Å². The molecule has 0 aliphatic heterocycles. The van der Waals surface area contributed by atoms with Gasteiger partial charge in [-0.1, -0.05) is 5.22 Å². The Bertz CT molecular complexity index is 550. The Hall–Kier alpha value is -2.39. The van der Waals surface area contributed by atoms with E-state index in [1.165, 1.54) is 12.1 Å². The molecular weight excluding hydrogens is 318 g/mol. The number of carbonyl (C=O) groups excluding carboxylic acids is 1. The van der Waals surface area contributed by atoms with Crippen LogP contribution in [-0.2, 0) is 14.2 Å². The number of carbonyl (C=O) groups is 1. The van der Waals surface area contributed by atoms with Gasteiger partial charge < -0.3 is 29.5 Å². The van der Waals surface area contributed by atoms with Crippen molar-refractivity contribution in [2.75, 3.05) is 47.3 Å². The molecule has 1 aromatic rings. The van der Waals surface area contributed by atoms with Gasteiger partial charge in [-0.05, 0) is 6.92 Å². The van der Waals surface area contributed by atoms with Gasteiger partial charge in [-0.25, -0.2) is 4.79 Å². The molecule has 0 radical (unpaired) electrons. The van der Waals surface area contributed by atoms with E-state index in [1.54, 1.807) is 21.1 Å². The quantitative estimate of drug-likeness (QED) is 0.215. The lowest BCUT2D eigenvalue weighted by atomic mass is 10.1. The molecular formula is C15H23N3O6. The lowest BCUT2D eigenvalue weighted by Crippen LogP contribution is -2.11. The number of methoxy groups -OCH3 is 2. The van der Waals surface area contributed by atoms with E-state index in [4.69, 9.17) is 29.5 Å². The highest BCUT2D eigenvalue weighted by atomic mass is 16.6. The number of benzene rings is 1. The summed E-state index contributed by atoms with van der Waals surface area (Å²) in [5.74, 6) is 5.30. The second kappa shape index (κ2) is 11.2. The van der Waals surface area contributed by atoms with Crippen LogP contribution in [0.3, 0.4) is 0 Å². The van der Waals surface area contributed by atoms with Gasteiger partial charge in [0.15, 0.2) is 11.5 Å². The molecule has 1 rings (SSSR count). The zero-order valence-electron chi connectivity index (χ0n) is 14.1. The number of ether oxygens (including phenoxy) is 5. The number of hydrogen-bond donors (Lipinski definition) is 1. The highest BCUT2D eigenvalue weighted by molar-refractivity contribution is 5.96. The molecule has 134 valence electrons. The summed E-state index contributed by atoms with van der Waals surface area (Å²) in [7, 11) is 3.13. The third kappa shape index (κ3) is 6.01. The fourth-order valence-electron chi connectivity index (χ4n) is 1.76. The summed E-state index contributed by atoms with van der Waals surface area (Å²) in [4.78, 5) is 12.1. The fourth-order valence-corrected chi connectivity index (χ4v) is 1.76. The first-order chi connectivity index (χ1) is 11.7. The number of rotatable bonds is 11. The first-order valence-electron chi connectivity index (χ1n) is 7.37. The maximum absolute atomic E-state index is 12.1. The van der Waals surface area contributed by atoms with Crippen molar-refractivity contribution in [3.8, 4) is 11.5 Å². The van der Waals surface area contributed by atoms with Crippen LogP contribution in [0.1, 0.15) is 17.3 Å². The molecule has 0 aliphatic carbocycles. The third-order valence-electron chi connectivity index (χ3n) is 2.81. The van der Waals surface area contributed by atoms with E-state index in [-0.39, 0.29) is 24.5 Å². The van der Waals surface area contributed by atoms with Gasteiger partial charge in [0.25, 0.3) is 0 Å². The van der Waals surface area contributed by atoms with E-state index >= 15 is 0 Å². The lowest BCUT2D eigenvalue weighted by molar-refractivity contribution is 0.0526. The van der Waals surface area contributed by atoms with Crippen molar-refractivity contribution in [3.63, 3.8) is 0 Å². The SMILES string of the molecule is CCOC(=O)c1cc(OCCOC)c(OCCOC)cc1N=NN. The standard InChI is InChI=1S/C15H23N3O6/c1-4-22-15(19)11-9-13(23-7-5-20-2)14(24-8-6-21-3)10-12(11)17-18-16/h9-10H,4-8H2,1-3H3,(H2,16,17). The van der Waals surface area contributed by atoms with Crippen LogP contribution in [0.4, 0.5) is 5.69 Å². The molecule has 9 heteroatoms. The van der Waals surface area contributed by atoms with Crippen LogP contribution in [0, 0.1) is 0 Å². The van der Waals surface area contributed by atoms with Crippen LogP contribution in [-0.4, -0.2) is 53.2 Å². The molecule has 0 saturated carbocycles. The predicted molar refractivity (Wildman–Crippen MR) is 85.8 cm³/mol. The zero-order valence-corrected chi connectivity index (χ0v) is 14.1. The van der Waals surface area contributed by atoms with Crippen LogP contribution in [0.5, 0.6) is 11.5 Å². The molecule has 0 amide bonds. The van der Waals surface area contributed by atoms with Crippen LogP contribution < -0.4 is 15.3 Å². The highest BCUT2D eigenvalue weighted by Crippen LogP contribution is 2.36. The molecule has 24 heavy (non-hydrogen) atoms. The molecule has 0 fully saturated rings. The van der Waals surface area contributed by atoms with E-state index in [1.807, 2.05) is 0 Å². The molecule has 0 spiro atoms. The fraction of sp³-hybridized carbons (Fsp3) is 0.533. The van der Waals surface area contributed by atoms with E-state index < -0.39 is 5.97 Å². The van der Waals surface area contributed by atoms with E-state index in [0.717, 1.165) is 0 Å². The van der Waals surface area contributed by atoms with Crippen molar-refractivity contribution in [3.05, 3.63) is 17.7 Å². The number of nitrogens with zero attached hydrogens (tertiary/aromatic N) is 2. The first kappa shape index (κ1) is 19.7. The molecule has 0 atom stereocenters. The monoisotopic (exact) mass is 341 g/mol. The van der Waals surface area contributed by atoms with Gasteiger partial charge in [0.05, 0.1) is 25.4 Å². The van der Waals surface area contributed by atoms with E-state index in [9.17, 15) is 4.79 Å². The van der Waals surface area contributed by atoms with E-state index in [0.29, 0.717) is 31.3 Å². The van der Waals surface area contributed by atoms with Crippen molar-refractivity contribution >= 4 is 11.7 Å². The van der Waals surface area contributed by atoms with Crippen molar-refractivity contribution in [1.82, 2.24) is 0 Å². The summed E-state index contributed by atoms with van der Waals surface area (Å²) in [5.41, 5.74) is 0.403. The van der Waals surface area contributed by atoms with Crippen LogP contribution in [0.2, 0.25) is 0 Å². The third-order valence-corrected chi connectivity index (χ3v) is 2.81. The van der Waals surface area contributed by atoms with Gasteiger partial charge in [-0.15, -0.1) is 5.11 Å². The van der Waals surface area contributed by atoms with Crippen molar-refractivity contribution in [2.45, 2.75) is 6.92 Å². The minimum atomic E-state index is -0.556. The molecule has 0 saturated heterocycles. The molecule has 1 aromatic carbocycles. The second-order valence-corrected chi connectivity index (χ2v) is 4.43. The maximum Gasteiger partial charge on any atom is 0.340 e. The summed E-state index contributed by atoms with van der Waals surface area (Å²) < 4.78 is 26.1. The summed E-state index contributed by atoms with van der Waals surface area (Å²) in [6.07, 6.45) is 0. The maximum atomic E-state index is 12.1. The Kier molecular flexibility index (Phi) is 9.17. The Morgan fingerprint density at radius 2 is 1.62 bits per heavy atom. The molecule has 0 heterocycles. The topological polar surface area (TPSA) is 114 Å². The Balaban J connectivity index is 3.17. The van der Waals surface area contributed by atoms with Gasteiger partial charge >= 0.3 is 5.97 Å². The normalized spacial score (nSPS) is 10.8. The first-order valence-corrected chi connectivity index (χ1v) is 7.37.